The van der Waals surface area contributed by atoms with Crippen LogP contribution in [0.3, 0.4) is 0 Å². The highest BCUT2D eigenvalue weighted by atomic mass is 19.3. The molecular formula is C12H14F2O3. The van der Waals surface area contributed by atoms with Gasteiger partial charge >= 0.3 is 6.61 Å². The van der Waals surface area contributed by atoms with Crippen molar-refractivity contribution in [2.75, 3.05) is 6.61 Å². The highest BCUT2D eigenvalue weighted by molar-refractivity contribution is 5.52. The van der Waals surface area contributed by atoms with Gasteiger partial charge in [-0.25, -0.2) is 0 Å². The first kappa shape index (κ1) is 13.6. The van der Waals surface area contributed by atoms with Crippen LogP contribution in [0, 0.1) is 5.92 Å². The predicted molar refractivity (Wildman–Crippen MR) is 58.0 cm³/mol. The van der Waals surface area contributed by atoms with Crippen molar-refractivity contribution in [2.24, 2.45) is 5.92 Å². The minimum absolute atomic E-state index is 0.0984. The fourth-order valence-electron chi connectivity index (χ4n) is 1.23. The molecule has 0 bridgehead atoms. The molecule has 0 N–H and O–H groups in total. The van der Waals surface area contributed by atoms with Crippen molar-refractivity contribution < 1.29 is 23.0 Å². The van der Waals surface area contributed by atoms with E-state index in [0.717, 1.165) is 6.29 Å². The first-order valence-electron chi connectivity index (χ1n) is 5.19. The van der Waals surface area contributed by atoms with Gasteiger partial charge in [-0.1, -0.05) is 25.1 Å². The topological polar surface area (TPSA) is 35.5 Å². The largest absolute Gasteiger partial charge is 0.434 e. The minimum atomic E-state index is -2.86. The van der Waals surface area contributed by atoms with Crippen LogP contribution < -0.4 is 4.74 Å². The molecule has 0 aliphatic carbocycles. The van der Waals surface area contributed by atoms with Gasteiger partial charge in [0.2, 0.25) is 0 Å². The van der Waals surface area contributed by atoms with Crippen molar-refractivity contribution in [1.82, 2.24) is 0 Å². The highest BCUT2D eigenvalue weighted by Gasteiger charge is 2.09. The number of alkyl halides is 2. The summed E-state index contributed by atoms with van der Waals surface area (Å²) in [4.78, 5) is 10.4. The SMILES string of the molecule is C[C@H](C=O)COCc1ccccc1OC(F)F. The molecule has 1 aromatic carbocycles. The summed E-state index contributed by atoms with van der Waals surface area (Å²) in [5.74, 6) is -0.112. The molecule has 0 radical (unpaired) electrons. The van der Waals surface area contributed by atoms with Crippen LogP contribution in [0.4, 0.5) is 8.78 Å². The van der Waals surface area contributed by atoms with Crippen molar-refractivity contribution in [1.29, 1.82) is 0 Å². The van der Waals surface area contributed by atoms with Gasteiger partial charge in [-0.05, 0) is 6.07 Å². The summed E-state index contributed by atoms with van der Waals surface area (Å²) in [5.41, 5.74) is 0.533. The first-order valence-corrected chi connectivity index (χ1v) is 5.19. The zero-order valence-corrected chi connectivity index (χ0v) is 9.44. The lowest BCUT2D eigenvalue weighted by Gasteiger charge is -2.11. The van der Waals surface area contributed by atoms with Gasteiger partial charge in [-0.15, -0.1) is 0 Å². The summed E-state index contributed by atoms with van der Waals surface area (Å²) < 4.78 is 33.8. The monoisotopic (exact) mass is 244 g/mol. The molecule has 0 unspecified atom stereocenters. The second-order valence-electron chi connectivity index (χ2n) is 3.61. The fourth-order valence-corrected chi connectivity index (χ4v) is 1.23. The Labute approximate surface area is 98.3 Å². The van der Waals surface area contributed by atoms with E-state index in [2.05, 4.69) is 4.74 Å². The summed E-state index contributed by atoms with van der Waals surface area (Å²) in [6, 6.07) is 6.41. The smallest absolute Gasteiger partial charge is 0.387 e. The molecule has 0 saturated heterocycles. The van der Waals surface area contributed by atoms with Crippen LogP contribution in [0.2, 0.25) is 0 Å². The molecule has 17 heavy (non-hydrogen) atoms. The van der Waals surface area contributed by atoms with Gasteiger partial charge in [0.05, 0.1) is 13.2 Å². The molecule has 0 fully saturated rings. The lowest BCUT2D eigenvalue weighted by atomic mass is 10.2. The maximum absolute atomic E-state index is 12.1. The van der Waals surface area contributed by atoms with Gasteiger partial charge in [-0.2, -0.15) is 8.78 Å². The average molecular weight is 244 g/mol. The van der Waals surface area contributed by atoms with Gasteiger partial charge in [-0.3, -0.25) is 0 Å². The molecule has 0 aliphatic heterocycles. The number of rotatable bonds is 7. The van der Waals surface area contributed by atoms with Gasteiger partial charge < -0.3 is 14.3 Å². The number of para-hydroxylation sites is 1. The molecule has 1 aromatic rings. The van der Waals surface area contributed by atoms with E-state index in [-0.39, 0.29) is 24.9 Å². The second kappa shape index (κ2) is 6.96. The van der Waals surface area contributed by atoms with E-state index in [4.69, 9.17) is 4.74 Å². The minimum Gasteiger partial charge on any atom is -0.434 e. The summed E-state index contributed by atoms with van der Waals surface area (Å²) in [6.45, 7) is -0.743. The number of halogens is 2. The zero-order valence-electron chi connectivity index (χ0n) is 9.44. The van der Waals surface area contributed by atoms with Crippen LogP contribution in [-0.2, 0) is 16.1 Å². The highest BCUT2D eigenvalue weighted by Crippen LogP contribution is 2.21. The molecule has 0 heterocycles. The fraction of sp³-hybridized carbons (Fsp3) is 0.417. The van der Waals surface area contributed by atoms with E-state index < -0.39 is 6.61 Å². The Hall–Kier alpha value is -1.49. The summed E-state index contributed by atoms with van der Waals surface area (Å²) in [5, 5.41) is 0. The summed E-state index contributed by atoms with van der Waals surface area (Å²) >= 11 is 0. The van der Waals surface area contributed by atoms with Crippen molar-refractivity contribution >= 4 is 6.29 Å². The quantitative estimate of drug-likeness (QED) is 0.692. The molecule has 3 nitrogen and oxygen atoms in total. The third-order valence-corrected chi connectivity index (χ3v) is 2.06. The molecule has 0 saturated carbocycles. The first-order chi connectivity index (χ1) is 8.13. The third-order valence-electron chi connectivity index (χ3n) is 2.06. The number of carbonyl (C=O) groups is 1. The molecule has 0 amide bonds. The van der Waals surface area contributed by atoms with E-state index in [1.165, 1.54) is 6.07 Å². The molecular weight excluding hydrogens is 230 g/mol. The van der Waals surface area contributed by atoms with E-state index in [0.29, 0.717) is 5.56 Å². The van der Waals surface area contributed by atoms with Crippen LogP contribution in [0.1, 0.15) is 12.5 Å². The molecule has 0 aromatic heterocycles. The van der Waals surface area contributed by atoms with Crippen LogP contribution in [-0.4, -0.2) is 19.5 Å². The standard InChI is InChI=1S/C12H14F2O3/c1-9(6-15)7-16-8-10-4-2-3-5-11(10)17-12(13)14/h2-6,9,12H,7-8H2,1H3/t9-/m1/s1. The number of hydrogen-bond acceptors (Lipinski definition) is 3. The van der Waals surface area contributed by atoms with E-state index in [9.17, 15) is 13.6 Å². The number of hydrogen-bond donors (Lipinski definition) is 0. The summed E-state index contributed by atoms with van der Waals surface area (Å²) in [6.07, 6.45) is 0.779. The van der Waals surface area contributed by atoms with Crippen LogP contribution in [0.25, 0.3) is 0 Å². The van der Waals surface area contributed by atoms with E-state index >= 15 is 0 Å². The van der Waals surface area contributed by atoms with Gasteiger partial charge in [0.1, 0.15) is 12.0 Å². The zero-order chi connectivity index (χ0) is 12.7. The Morgan fingerprint density at radius 1 is 1.35 bits per heavy atom. The van der Waals surface area contributed by atoms with Gasteiger partial charge in [0, 0.05) is 11.5 Å². The van der Waals surface area contributed by atoms with E-state index in [1.54, 1.807) is 25.1 Å². The van der Waals surface area contributed by atoms with Crippen LogP contribution >= 0.6 is 0 Å². The number of benzene rings is 1. The molecule has 0 spiro atoms. The normalized spacial score (nSPS) is 12.5. The van der Waals surface area contributed by atoms with Crippen LogP contribution in [0.15, 0.2) is 24.3 Å². The van der Waals surface area contributed by atoms with Crippen molar-refractivity contribution in [3.05, 3.63) is 29.8 Å². The maximum atomic E-state index is 12.1. The Morgan fingerprint density at radius 3 is 2.71 bits per heavy atom. The van der Waals surface area contributed by atoms with Crippen molar-refractivity contribution in [3.63, 3.8) is 0 Å². The molecule has 94 valence electrons. The van der Waals surface area contributed by atoms with Crippen molar-refractivity contribution in [3.8, 4) is 5.75 Å². The Kier molecular flexibility index (Phi) is 5.56. The lowest BCUT2D eigenvalue weighted by molar-refractivity contribution is -0.112. The van der Waals surface area contributed by atoms with E-state index in [1.807, 2.05) is 0 Å². The van der Waals surface area contributed by atoms with Crippen LogP contribution in [0.5, 0.6) is 5.75 Å². The van der Waals surface area contributed by atoms with Gasteiger partial charge in [0.15, 0.2) is 0 Å². The lowest BCUT2D eigenvalue weighted by Crippen LogP contribution is -2.09. The third kappa shape index (κ3) is 4.91. The van der Waals surface area contributed by atoms with Gasteiger partial charge in [0.25, 0.3) is 0 Å². The Bertz CT molecular complexity index is 355. The molecule has 1 atom stereocenters. The number of carbonyl (C=O) groups excluding carboxylic acids is 1. The number of ether oxygens (including phenoxy) is 2. The molecule has 0 aliphatic rings. The Balaban J connectivity index is 2.54. The average Bonchev–Trinajstić information content (AvgIpc) is 2.30. The molecule has 5 heteroatoms. The second-order valence-corrected chi connectivity index (χ2v) is 3.61. The summed E-state index contributed by atoms with van der Waals surface area (Å²) in [7, 11) is 0. The predicted octanol–water partition coefficient (Wildman–Crippen LogP) is 2.64. The van der Waals surface area contributed by atoms with Crippen molar-refractivity contribution in [2.45, 2.75) is 20.1 Å². The Morgan fingerprint density at radius 2 is 2.06 bits per heavy atom. The maximum Gasteiger partial charge on any atom is 0.387 e. The molecule has 1 rings (SSSR count). The number of aldehydes is 1.